The topological polar surface area (TPSA) is 463 Å². The number of unbranched alkanes of at least 4 members (excludes halogenated alkanes) is 1. The molecule has 0 saturated heterocycles. The van der Waals surface area contributed by atoms with Crippen LogP contribution in [0.1, 0.15) is 224 Å². The normalized spacial score (nSPS) is 11.7. The molecule has 10 N–H and O–H groups in total. The Hall–Kier alpha value is -9.25. The van der Waals surface area contributed by atoms with E-state index in [4.69, 9.17) is 11.5 Å². The van der Waals surface area contributed by atoms with E-state index < -0.39 is 17.9 Å². The predicted octanol–water partition coefficient (Wildman–Crippen LogP) is 1.86. The van der Waals surface area contributed by atoms with E-state index in [9.17, 15) is 81.5 Å². The van der Waals surface area contributed by atoms with Gasteiger partial charge in [0.2, 0.25) is 100 Å². The Morgan fingerprint density at radius 1 is 0.225 bits per heavy atom. The highest BCUT2D eigenvalue weighted by Crippen LogP contribution is 2.16. The van der Waals surface area contributed by atoms with Gasteiger partial charge in [-0.25, -0.2) is 0 Å². The van der Waals surface area contributed by atoms with Crippen LogP contribution in [-0.4, -0.2) is 453 Å². The summed E-state index contributed by atoms with van der Waals surface area (Å²) in [5.74, 6) is -4.72. The minimum atomic E-state index is -0.849. The molecule has 138 heavy (non-hydrogen) atoms. The van der Waals surface area contributed by atoms with Gasteiger partial charge in [-0.05, 0) is 191 Å². The molecule has 0 fully saturated rings. The molecular formula is C98H187N23O17. The van der Waals surface area contributed by atoms with Crippen molar-refractivity contribution in [3.8, 4) is 0 Å². The smallest absolute Gasteiger partial charge is 0.239 e. The lowest BCUT2D eigenvalue weighted by Gasteiger charge is -2.28. The first kappa shape index (κ1) is 129. The third kappa shape index (κ3) is 66.4. The number of nitrogens with two attached hydrogens (primary N) is 2. The minimum Gasteiger partial charge on any atom is -0.368 e. The Kier molecular flexibility index (Phi) is 70.5. The quantitative estimate of drug-likeness (QED) is 0.0403. The van der Waals surface area contributed by atoms with Crippen molar-refractivity contribution in [2.45, 2.75) is 230 Å². The van der Waals surface area contributed by atoms with E-state index in [0.717, 1.165) is 0 Å². The fourth-order valence-corrected chi connectivity index (χ4v) is 15.4. The zero-order chi connectivity index (χ0) is 104. The molecule has 0 heterocycles. The number of hydrogen-bond acceptors (Lipinski definition) is 23. The average molecular weight is 1960 g/mol. The number of carbonyl (C=O) groups excluding carboxylic acids is 17. The maximum atomic E-state index is 14.2. The van der Waals surface area contributed by atoms with Gasteiger partial charge >= 0.3 is 0 Å². The van der Waals surface area contributed by atoms with Crippen molar-refractivity contribution >= 4 is 100 Å². The van der Waals surface area contributed by atoms with Gasteiger partial charge in [0, 0.05) is 267 Å². The highest BCUT2D eigenvalue weighted by Gasteiger charge is 2.29. The summed E-state index contributed by atoms with van der Waals surface area (Å²) in [5, 5.41) is 16.7. The number of amides is 17. The van der Waals surface area contributed by atoms with Gasteiger partial charge in [-0.1, -0.05) is 69.2 Å². The van der Waals surface area contributed by atoms with E-state index in [-0.39, 0.29) is 313 Å². The van der Waals surface area contributed by atoms with E-state index in [2.05, 4.69) is 31.9 Å². The summed E-state index contributed by atoms with van der Waals surface area (Å²) in [6.45, 7) is 30.0. The van der Waals surface area contributed by atoms with Crippen molar-refractivity contribution in [2.24, 2.45) is 41.1 Å². The summed E-state index contributed by atoms with van der Waals surface area (Å²) in [4.78, 5) is 255. The molecule has 0 unspecified atom stereocenters. The van der Waals surface area contributed by atoms with Crippen LogP contribution >= 0.6 is 0 Å². The number of nitrogens with zero attached hydrogens (tertiary/aromatic N) is 15. The fourth-order valence-electron chi connectivity index (χ4n) is 15.4. The molecule has 0 aliphatic heterocycles. The molecule has 0 aliphatic rings. The number of carbonyl (C=O) groups is 17. The van der Waals surface area contributed by atoms with Crippen LogP contribution < -0.4 is 43.4 Å². The standard InChI is InChI=1S/C98H187N23O17/c1-76(2)71-117(88(128)30-46-101-81(11)122)66-40-93(133)112(56-24-51-107(12)13)61-35-83(123)102-47-31-89(129)118(72-77(3)4)67-41-94(134)113(57-25-52-108(14)15)62-36-84(124)103-48-32-90(130)119(73-78(5)6)68-42-95(135)114(58-26-53-109(16)17)63-37-85(125)104-49-33-91(131)120(74-79(7)8)69-43-96(136)115(59-27-54-110(18)19)64-38-86(126)105-50-34-92(132)121(75-80(9)10)70-44-97(137)116(60-28-55-111(20)21)65-39-87(127)106-82(98(100)138)29-22-23-45-99/h76-80,82H,22-75,99H2,1-21H3,(H2,100,138)(H,101,122)(H,102,123)(H,103,124)(H,104,125)(H,105,126)(H,106,127)/t82-/m0/s1. The molecule has 0 rings (SSSR count). The average Bonchev–Trinajstić information content (AvgIpc) is 0.907. The van der Waals surface area contributed by atoms with Gasteiger partial charge in [-0.15, -0.1) is 0 Å². The first-order valence-electron chi connectivity index (χ1n) is 50.7. The molecular weight excluding hydrogens is 1770 g/mol. The zero-order valence-corrected chi connectivity index (χ0v) is 89.0. The lowest BCUT2D eigenvalue weighted by atomic mass is 10.1. The summed E-state index contributed by atoms with van der Waals surface area (Å²) in [6, 6.07) is -0.849. The largest absolute Gasteiger partial charge is 0.368 e. The highest BCUT2D eigenvalue weighted by atomic mass is 16.2. The Morgan fingerprint density at radius 2 is 0.413 bits per heavy atom. The third-order valence-corrected chi connectivity index (χ3v) is 22.6. The molecule has 0 aliphatic carbocycles. The van der Waals surface area contributed by atoms with Crippen LogP contribution in [-0.2, 0) is 81.5 Å². The Labute approximate surface area is 827 Å². The van der Waals surface area contributed by atoms with Gasteiger partial charge in [-0.3, -0.25) is 81.5 Å². The van der Waals surface area contributed by atoms with Crippen molar-refractivity contribution in [3.63, 3.8) is 0 Å². The maximum absolute atomic E-state index is 14.2. The molecule has 0 spiro atoms. The van der Waals surface area contributed by atoms with Crippen LogP contribution in [0.5, 0.6) is 0 Å². The van der Waals surface area contributed by atoms with E-state index in [1.165, 1.54) is 6.92 Å². The van der Waals surface area contributed by atoms with Crippen molar-refractivity contribution in [2.75, 3.05) is 273 Å². The molecule has 1 atom stereocenters. The second-order valence-electron chi connectivity index (χ2n) is 39.8. The summed E-state index contributed by atoms with van der Waals surface area (Å²) in [6.07, 6.45) is 4.57. The Balaban J connectivity index is 5.91. The molecule has 0 aromatic carbocycles. The van der Waals surface area contributed by atoms with Gasteiger partial charge in [-0.2, -0.15) is 0 Å². The van der Waals surface area contributed by atoms with Gasteiger partial charge in [0.25, 0.3) is 0 Å². The molecule has 17 amide bonds. The highest BCUT2D eigenvalue weighted by molar-refractivity contribution is 5.88. The van der Waals surface area contributed by atoms with E-state index >= 15 is 0 Å². The Bertz CT molecular complexity index is 3580. The summed E-state index contributed by atoms with van der Waals surface area (Å²) < 4.78 is 0. The number of nitrogens with one attached hydrogen (secondary N) is 6. The van der Waals surface area contributed by atoms with Crippen LogP contribution in [0.15, 0.2) is 0 Å². The predicted molar refractivity (Wildman–Crippen MR) is 540 cm³/mol. The lowest BCUT2D eigenvalue weighted by molar-refractivity contribution is -0.137. The molecule has 0 aromatic heterocycles. The molecule has 40 nitrogen and oxygen atoms in total. The summed E-state index contributed by atoms with van der Waals surface area (Å²) in [5.41, 5.74) is 11.2. The SMILES string of the molecule is CC(=O)NCCC(=O)N(CCC(=O)N(CCCN(C)C)CCC(=O)NCCC(=O)N(CCC(=O)N(CCCN(C)C)CCC(=O)NCCC(=O)N(CCC(=O)N(CCCN(C)C)CCC(=O)NCCC(=O)N(CCC(=O)N(CCCN(C)C)CCC(=O)NCCC(=O)N(CCC(=O)N(CCCN(C)C)CCC(=O)N[C@@H](CCCCN)C(N)=O)CC(C)C)CC(C)C)CC(C)C)CC(C)C)CC(C)C. The van der Waals surface area contributed by atoms with Crippen LogP contribution in [0.3, 0.4) is 0 Å². The maximum Gasteiger partial charge on any atom is 0.239 e. The lowest BCUT2D eigenvalue weighted by Crippen LogP contribution is -2.46. The third-order valence-electron chi connectivity index (χ3n) is 22.6. The van der Waals surface area contributed by atoms with E-state index in [1.807, 2.05) is 164 Å². The minimum absolute atomic E-state index is 0.00373. The van der Waals surface area contributed by atoms with Crippen LogP contribution in [0.25, 0.3) is 0 Å². The molecule has 0 saturated carbocycles. The van der Waals surface area contributed by atoms with Crippen molar-refractivity contribution in [3.05, 3.63) is 0 Å². The number of hydrogen-bond donors (Lipinski definition) is 8. The van der Waals surface area contributed by atoms with Crippen molar-refractivity contribution in [1.29, 1.82) is 0 Å². The summed E-state index contributed by atoms with van der Waals surface area (Å²) in [7, 11) is 19.3. The Morgan fingerprint density at radius 3 is 0.594 bits per heavy atom. The van der Waals surface area contributed by atoms with Crippen LogP contribution in [0.4, 0.5) is 0 Å². The van der Waals surface area contributed by atoms with Crippen molar-refractivity contribution in [1.82, 2.24) is 105 Å². The molecule has 796 valence electrons. The van der Waals surface area contributed by atoms with Crippen LogP contribution in [0, 0.1) is 29.6 Å². The fraction of sp³-hybridized carbons (Fsp3) is 0.827. The van der Waals surface area contributed by atoms with E-state index in [0.29, 0.717) is 156 Å². The molecule has 0 aromatic rings. The first-order chi connectivity index (χ1) is 65.0. The molecule has 0 bridgehead atoms. The van der Waals surface area contributed by atoms with Gasteiger partial charge in [0.1, 0.15) is 6.04 Å². The van der Waals surface area contributed by atoms with Gasteiger partial charge in [0.15, 0.2) is 0 Å². The van der Waals surface area contributed by atoms with E-state index in [1.54, 1.807) is 49.0 Å². The molecule has 0 radical (unpaired) electrons. The van der Waals surface area contributed by atoms with Gasteiger partial charge < -0.3 is 117 Å². The summed E-state index contributed by atoms with van der Waals surface area (Å²) >= 11 is 0. The number of primary amides is 1. The van der Waals surface area contributed by atoms with Crippen LogP contribution in [0.2, 0.25) is 0 Å². The first-order valence-corrected chi connectivity index (χ1v) is 50.7. The van der Waals surface area contributed by atoms with Gasteiger partial charge in [0.05, 0.1) is 0 Å². The number of rotatable bonds is 81. The monoisotopic (exact) mass is 1960 g/mol. The molecule has 40 heteroatoms. The second kappa shape index (κ2) is 75.6. The second-order valence-corrected chi connectivity index (χ2v) is 39.8. The zero-order valence-electron chi connectivity index (χ0n) is 89.0. The van der Waals surface area contributed by atoms with Crippen molar-refractivity contribution < 1.29 is 81.5 Å².